The van der Waals surface area contributed by atoms with Crippen molar-refractivity contribution in [2.45, 2.75) is 19.4 Å². The van der Waals surface area contributed by atoms with Gasteiger partial charge in [0.05, 0.1) is 5.56 Å². The highest BCUT2D eigenvalue weighted by Gasteiger charge is 2.22. The lowest BCUT2D eigenvalue weighted by atomic mass is 9.98. The highest BCUT2D eigenvalue weighted by Crippen LogP contribution is 2.28. The SMILES string of the molecule is CN(Cc1ccc(C(=O)O)cc1)C(=O)c1ccc2c(c1)CCC(=O)N2C. The fourth-order valence-corrected chi connectivity index (χ4v) is 3.11. The van der Waals surface area contributed by atoms with Crippen molar-refractivity contribution in [2.75, 3.05) is 19.0 Å². The normalized spacial score (nSPS) is 13.3. The molecule has 1 N–H and O–H groups in total. The number of aryl methyl sites for hydroxylation is 1. The molecule has 0 fully saturated rings. The average Bonchev–Trinajstić information content (AvgIpc) is 2.64. The van der Waals surface area contributed by atoms with Crippen LogP contribution >= 0.6 is 0 Å². The van der Waals surface area contributed by atoms with E-state index in [4.69, 9.17) is 5.11 Å². The molecule has 0 saturated heterocycles. The van der Waals surface area contributed by atoms with Gasteiger partial charge >= 0.3 is 5.97 Å². The third kappa shape index (κ3) is 3.44. The molecule has 1 aliphatic heterocycles. The van der Waals surface area contributed by atoms with E-state index in [0.717, 1.165) is 16.8 Å². The number of hydrogen-bond donors (Lipinski definition) is 1. The lowest BCUT2D eigenvalue weighted by Gasteiger charge is -2.26. The van der Waals surface area contributed by atoms with Crippen LogP contribution in [0.3, 0.4) is 0 Å². The number of carbonyl (C=O) groups excluding carboxylic acids is 2. The molecule has 0 radical (unpaired) electrons. The number of carboxylic acid groups (broad SMARTS) is 1. The van der Waals surface area contributed by atoms with Crippen molar-refractivity contribution >= 4 is 23.5 Å². The molecule has 0 atom stereocenters. The summed E-state index contributed by atoms with van der Waals surface area (Å²) in [5.41, 5.74) is 3.50. The van der Waals surface area contributed by atoms with Crippen LogP contribution in [-0.4, -0.2) is 41.9 Å². The number of benzene rings is 2. The second kappa shape index (κ2) is 7.00. The van der Waals surface area contributed by atoms with Crippen molar-refractivity contribution in [2.24, 2.45) is 0 Å². The van der Waals surface area contributed by atoms with Gasteiger partial charge in [-0.05, 0) is 47.9 Å². The molecule has 0 bridgehead atoms. The molecule has 6 nitrogen and oxygen atoms in total. The fraction of sp³-hybridized carbons (Fsp3) is 0.250. The minimum atomic E-state index is -0.974. The number of nitrogens with zero attached hydrogens (tertiary/aromatic N) is 2. The zero-order chi connectivity index (χ0) is 18.8. The van der Waals surface area contributed by atoms with E-state index in [1.807, 2.05) is 12.1 Å². The first-order chi connectivity index (χ1) is 12.4. The van der Waals surface area contributed by atoms with E-state index in [1.165, 1.54) is 12.1 Å². The Bertz CT molecular complexity index is 874. The number of hydrogen-bond acceptors (Lipinski definition) is 3. The Morgan fingerprint density at radius 1 is 1.08 bits per heavy atom. The van der Waals surface area contributed by atoms with Gasteiger partial charge in [0.2, 0.25) is 5.91 Å². The molecule has 0 unspecified atom stereocenters. The van der Waals surface area contributed by atoms with Crippen LogP contribution < -0.4 is 4.90 Å². The molecule has 26 heavy (non-hydrogen) atoms. The number of rotatable bonds is 4. The van der Waals surface area contributed by atoms with Gasteiger partial charge in [-0.1, -0.05) is 12.1 Å². The van der Waals surface area contributed by atoms with Crippen LogP contribution in [0.15, 0.2) is 42.5 Å². The Labute approximate surface area is 151 Å². The van der Waals surface area contributed by atoms with E-state index >= 15 is 0 Å². The summed E-state index contributed by atoms with van der Waals surface area (Å²) < 4.78 is 0. The highest BCUT2D eigenvalue weighted by molar-refractivity contribution is 5.98. The van der Waals surface area contributed by atoms with Gasteiger partial charge in [0, 0.05) is 38.3 Å². The molecule has 1 heterocycles. The molecule has 2 aromatic carbocycles. The number of amides is 2. The Hall–Kier alpha value is -3.15. The maximum absolute atomic E-state index is 12.7. The van der Waals surface area contributed by atoms with Gasteiger partial charge in [0.1, 0.15) is 0 Å². The van der Waals surface area contributed by atoms with Gasteiger partial charge in [-0.15, -0.1) is 0 Å². The lowest BCUT2D eigenvalue weighted by Crippen LogP contribution is -2.31. The molecule has 134 valence electrons. The van der Waals surface area contributed by atoms with Crippen LogP contribution in [0.25, 0.3) is 0 Å². The molecule has 6 heteroatoms. The maximum Gasteiger partial charge on any atom is 0.335 e. The van der Waals surface area contributed by atoms with E-state index in [9.17, 15) is 14.4 Å². The van der Waals surface area contributed by atoms with Gasteiger partial charge < -0.3 is 14.9 Å². The molecule has 0 spiro atoms. The molecule has 1 aliphatic rings. The van der Waals surface area contributed by atoms with Gasteiger partial charge in [-0.3, -0.25) is 9.59 Å². The first-order valence-corrected chi connectivity index (χ1v) is 8.34. The van der Waals surface area contributed by atoms with Crippen LogP contribution in [0, 0.1) is 0 Å². The minimum Gasteiger partial charge on any atom is -0.478 e. The van der Waals surface area contributed by atoms with Crippen molar-refractivity contribution in [1.29, 1.82) is 0 Å². The van der Waals surface area contributed by atoms with Crippen LogP contribution in [0.5, 0.6) is 0 Å². The van der Waals surface area contributed by atoms with Gasteiger partial charge in [0.15, 0.2) is 0 Å². The summed E-state index contributed by atoms with van der Waals surface area (Å²) in [4.78, 5) is 38.6. The summed E-state index contributed by atoms with van der Waals surface area (Å²) in [6.45, 7) is 0.383. The van der Waals surface area contributed by atoms with Crippen molar-refractivity contribution in [3.63, 3.8) is 0 Å². The van der Waals surface area contributed by atoms with E-state index in [-0.39, 0.29) is 17.4 Å². The van der Waals surface area contributed by atoms with Gasteiger partial charge in [-0.2, -0.15) is 0 Å². The molecule has 0 aliphatic carbocycles. The Balaban J connectivity index is 1.74. The van der Waals surface area contributed by atoms with Crippen molar-refractivity contribution in [1.82, 2.24) is 4.90 Å². The van der Waals surface area contributed by atoms with Crippen LogP contribution in [0.1, 0.15) is 38.3 Å². The predicted molar refractivity (Wildman–Crippen MR) is 97.4 cm³/mol. The van der Waals surface area contributed by atoms with Crippen molar-refractivity contribution in [3.05, 3.63) is 64.7 Å². The fourth-order valence-electron chi connectivity index (χ4n) is 3.11. The second-order valence-electron chi connectivity index (χ2n) is 6.46. The maximum atomic E-state index is 12.7. The Morgan fingerprint density at radius 2 is 1.73 bits per heavy atom. The number of carbonyl (C=O) groups is 3. The summed E-state index contributed by atoms with van der Waals surface area (Å²) in [6.07, 6.45) is 1.09. The monoisotopic (exact) mass is 352 g/mol. The Kier molecular flexibility index (Phi) is 4.75. The van der Waals surface area contributed by atoms with E-state index < -0.39 is 5.97 Å². The van der Waals surface area contributed by atoms with Crippen LogP contribution in [0.4, 0.5) is 5.69 Å². The standard InChI is InChI=1S/C20H20N2O4/c1-21(12-13-3-5-14(6-4-13)20(25)26)19(24)16-7-9-17-15(11-16)8-10-18(23)22(17)2/h3-7,9,11H,8,10,12H2,1-2H3,(H,25,26). The van der Waals surface area contributed by atoms with E-state index in [1.54, 1.807) is 42.1 Å². The lowest BCUT2D eigenvalue weighted by molar-refractivity contribution is -0.118. The molecule has 3 rings (SSSR count). The quantitative estimate of drug-likeness (QED) is 0.917. The van der Waals surface area contributed by atoms with E-state index in [0.29, 0.717) is 24.9 Å². The zero-order valence-corrected chi connectivity index (χ0v) is 14.7. The number of aromatic carboxylic acids is 1. The topological polar surface area (TPSA) is 77.9 Å². The zero-order valence-electron chi connectivity index (χ0n) is 14.7. The minimum absolute atomic E-state index is 0.0819. The molecule has 0 aromatic heterocycles. The summed E-state index contributed by atoms with van der Waals surface area (Å²) >= 11 is 0. The summed E-state index contributed by atoms with van der Waals surface area (Å²) in [5, 5.41) is 8.94. The first kappa shape index (κ1) is 17.7. The second-order valence-corrected chi connectivity index (χ2v) is 6.46. The predicted octanol–water partition coefficient (Wildman–Crippen LogP) is 2.57. The summed E-state index contributed by atoms with van der Waals surface area (Å²) in [7, 11) is 3.46. The number of anilines is 1. The molecule has 0 saturated carbocycles. The van der Waals surface area contributed by atoms with Gasteiger partial charge in [0.25, 0.3) is 5.91 Å². The van der Waals surface area contributed by atoms with Crippen molar-refractivity contribution in [3.8, 4) is 0 Å². The third-order valence-corrected chi connectivity index (χ3v) is 4.64. The molecule has 2 amide bonds. The summed E-state index contributed by atoms with van der Waals surface area (Å²) in [6, 6.07) is 11.9. The van der Waals surface area contributed by atoms with E-state index in [2.05, 4.69) is 0 Å². The summed E-state index contributed by atoms with van der Waals surface area (Å²) in [5.74, 6) is -1.01. The average molecular weight is 352 g/mol. The van der Waals surface area contributed by atoms with Crippen molar-refractivity contribution < 1.29 is 19.5 Å². The number of carboxylic acids is 1. The van der Waals surface area contributed by atoms with Crippen LogP contribution in [-0.2, 0) is 17.8 Å². The molecule has 2 aromatic rings. The number of fused-ring (bicyclic) bond motifs is 1. The first-order valence-electron chi connectivity index (χ1n) is 8.34. The van der Waals surface area contributed by atoms with Crippen LogP contribution in [0.2, 0.25) is 0 Å². The van der Waals surface area contributed by atoms with Gasteiger partial charge in [-0.25, -0.2) is 4.79 Å². The smallest absolute Gasteiger partial charge is 0.335 e. The third-order valence-electron chi connectivity index (χ3n) is 4.64. The molecular formula is C20H20N2O4. The Morgan fingerprint density at radius 3 is 2.38 bits per heavy atom. The molecular weight excluding hydrogens is 332 g/mol. The highest BCUT2D eigenvalue weighted by atomic mass is 16.4. The largest absolute Gasteiger partial charge is 0.478 e.